The highest BCUT2D eigenvalue weighted by molar-refractivity contribution is 5.83. The molecule has 0 saturated heterocycles. The van der Waals surface area contributed by atoms with Gasteiger partial charge in [-0.1, -0.05) is 0 Å². The van der Waals surface area contributed by atoms with E-state index in [1.165, 1.54) is 22.1 Å². The molecule has 1 heterocycles. The lowest BCUT2D eigenvalue weighted by atomic mass is 10.0. The van der Waals surface area contributed by atoms with E-state index in [-0.39, 0.29) is 0 Å². The van der Waals surface area contributed by atoms with E-state index in [4.69, 9.17) is 0 Å². The van der Waals surface area contributed by atoms with Gasteiger partial charge in [-0.05, 0) is 62.6 Å². The van der Waals surface area contributed by atoms with E-state index >= 15 is 0 Å². The second-order valence-corrected chi connectivity index (χ2v) is 4.03. The molecule has 0 saturated carbocycles. The fourth-order valence-electron chi connectivity index (χ4n) is 1.82. The van der Waals surface area contributed by atoms with Gasteiger partial charge in [-0.2, -0.15) is 0 Å². The Kier molecular flexibility index (Phi) is 2.03. The number of hydrogen-bond acceptors (Lipinski definition) is 1. The summed E-state index contributed by atoms with van der Waals surface area (Å²) in [5.74, 6) is 0. The summed E-state index contributed by atoms with van der Waals surface area (Å²) >= 11 is 0. The number of rotatable bonds is 0. The van der Waals surface area contributed by atoms with Gasteiger partial charge in [0.15, 0.2) is 0 Å². The Labute approximate surface area is 84.8 Å². The van der Waals surface area contributed by atoms with Crippen LogP contribution in [-0.4, -0.2) is 4.98 Å². The van der Waals surface area contributed by atoms with Crippen LogP contribution in [0, 0.1) is 27.7 Å². The normalized spacial score (nSPS) is 10.9. The topological polar surface area (TPSA) is 12.9 Å². The molecule has 1 aromatic carbocycles. The van der Waals surface area contributed by atoms with Crippen LogP contribution in [0.4, 0.5) is 0 Å². The molecule has 0 aliphatic carbocycles. The lowest BCUT2D eigenvalue weighted by Gasteiger charge is -2.06. The van der Waals surface area contributed by atoms with Crippen LogP contribution in [0.15, 0.2) is 18.2 Å². The van der Waals surface area contributed by atoms with Crippen molar-refractivity contribution < 1.29 is 0 Å². The molecule has 0 unspecified atom stereocenters. The Bertz CT molecular complexity index is 498. The van der Waals surface area contributed by atoms with Crippen molar-refractivity contribution >= 4 is 10.9 Å². The number of fused-ring (bicyclic) bond motifs is 1. The predicted molar refractivity (Wildman–Crippen MR) is 60.7 cm³/mol. The first-order valence-electron chi connectivity index (χ1n) is 4.93. The monoisotopic (exact) mass is 185 g/mol. The second kappa shape index (κ2) is 3.09. The molecule has 0 amide bonds. The van der Waals surface area contributed by atoms with Crippen LogP contribution in [0.3, 0.4) is 0 Å². The highest BCUT2D eigenvalue weighted by Gasteiger charge is 2.02. The predicted octanol–water partition coefficient (Wildman–Crippen LogP) is 3.47. The van der Waals surface area contributed by atoms with E-state index < -0.39 is 0 Å². The van der Waals surface area contributed by atoms with Crippen molar-refractivity contribution in [3.05, 3.63) is 40.6 Å². The van der Waals surface area contributed by atoms with Crippen molar-refractivity contribution in [2.75, 3.05) is 0 Å². The number of hydrogen-bond donors (Lipinski definition) is 0. The van der Waals surface area contributed by atoms with Gasteiger partial charge in [-0.15, -0.1) is 0 Å². The molecule has 2 aromatic rings. The lowest BCUT2D eigenvalue weighted by molar-refractivity contribution is 1.22. The number of benzene rings is 1. The van der Waals surface area contributed by atoms with Gasteiger partial charge in [0.2, 0.25) is 0 Å². The zero-order valence-electron chi connectivity index (χ0n) is 9.18. The Balaban J connectivity index is 2.89. The summed E-state index contributed by atoms with van der Waals surface area (Å²) in [5.41, 5.74) is 6.18. The maximum atomic E-state index is 4.54. The average molecular weight is 185 g/mol. The summed E-state index contributed by atoms with van der Waals surface area (Å²) in [6, 6.07) is 6.54. The molecule has 0 aliphatic rings. The first-order valence-corrected chi connectivity index (χ1v) is 4.93. The summed E-state index contributed by atoms with van der Waals surface area (Å²) in [6.45, 7) is 8.47. The highest BCUT2D eigenvalue weighted by atomic mass is 14.7. The van der Waals surface area contributed by atoms with Gasteiger partial charge in [0, 0.05) is 11.1 Å². The molecule has 0 fully saturated rings. The Hall–Kier alpha value is -1.37. The van der Waals surface area contributed by atoms with E-state index in [0.717, 1.165) is 11.2 Å². The minimum absolute atomic E-state index is 1.10. The first kappa shape index (κ1) is 9.20. The van der Waals surface area contributed by atoms with Crippen molar-refractivity contribution in [3.8, 4) is 0 Å². The summed E-state index contributed by atoms with van der Waals surface area (Å²) in [6.07, 6.45) is 0. The number of pyridine rings is 1. The molecular weight excluding hydrogens is 170 g/mol. The first-order chi connectivity index (χ1) is 6.58. The van der Waals surface area contributed by atoms with Crippen LogP contribution in [0.1, 0.15) is 22.4 Å². The smallest absolute Gasteiger partial charge is 0.0710 e. The van der Waals surface area contributed by atoms with Crippen LogP contribution >= 0.6 is 0 Å². The van der Waals surface area contributed by atoms with Gasteiger partial charge >= 0.3 is 0 Å². The van der Waals surface area contributed by atoms with Gasteiger partial charge < -0.3 is 0 Å². The van der Waals surface area contributed by atoms with Crippen LogP contribution in [0.25, 0.3) is 10.9 Å². The standard InChI is InChI=1S/C13H15N/c1-8-6-12-10(3)5-11(4)14-13(12)7-9(8)2/h5-7H,1-4H3. The van der Waals surface area contributed by atoms with E-state index in [0.29, 0.717) is 0 Å². The molecule has 0 N–H and O–H groups in total. The molecule has 72 valence electrons. The summed E-state index contributed by atoms with van der Waals surface area (Å²) < 4.78 is 0. The Morgan fingerprint density at radius 2 is 1.43 bits per heavy atom. The van der Waals surface area contributed by atoms with Crippen molar-refractivity contribution in [1.29, 1.82) is 0 Å². The molecule has 1 heteroatoms. The van der Waals surface area contributed by atoms with E-state index in [1.54, 1.807) is 0 Å². The molecule has 2 rings (SSSR count). The Morgan fingerprint density at radius 1 is 0.786 bits per heavy atom. The van der Waals surface area contributed by atoms with Crippen molar-refractivity contribution in [2.45, 2.75) is 27.7 Å². The van der Waals surface area contributed by atoms with E-state index in [2.05, 4.69) is 44.0 Å². The third kappa shape index (κ3) is 1.39. The van der Waals surface area contributed by atoms with Gasteiger partial charge in [0.05, 0.1) is 5.52 Å². The fourth-order valence-corrected chi connectivity index (χ4v) is 1.82. The molecule has 0 radical (unpaired) electrons. The maximum absolute atomic E-state index is 4.54. The van der Waals surface area contributed by atoms with Gasteiger partial charge in [0.1, 0.15) is 0 Å². The lowest BCUT2D eigenvalue weighted by Crippen LogP contribution is -1.90. The highest BCUT2D eigenvalue weighted by Crippen LogP contribution is 2.21. The summed E-state index contributed by atoms with van der Waals surface area (Å²) in [4.78, 5) is 4.54. The summed E-state index contributed by atoms with van der Waals surface area (Å²) in [7, 11) is 0. The van der Waals surface area contributed by atoms with Crippen LogP contribution in [0.2, 0.25) is 0 Å². The molecule has 0 aliphatic heterocycles. The second-order valence-electron chi connectivity index (χ2n) is 4.03. The number of nitrogens with zero attached hydrogens (tertiary/aromatic N) is 1. The molecule has 1 aromatic heterocycles. The van der Waals surface area contributed by atoms with Crippen molar-refractivity contribution in [3.63, 3.8) is 0 Å². The van der Waals surface area contributed by atoms with Crippen molar-refractivity contribution in [1.82, 2.24) is 4.98 Å². The molecule has 1 nitrogen and oxygen atoms in total. The largest absolute Gasteiger partial charge is 0.253 e. The molecule has 0 bridgehead atoms. The van der Waals surface area contributed by atoms with Crippen LogP contribution < -0.4 is 0 Å². The van der Waals surface area contributed by atoms with E-state index in [9.17, 15) is 0 Å². The third-order valence-electron chi connectivity index (χ3n) is 2.76. The summed E-state index contributed by atoms with van der Waals surface area (Å²) in [5, 5.41) is 1.28. The quantitative estimate of drug-likeness (QED) is 0.612. The fraction of sp³-hybridized carbons (Fsp3) is 0.308. The minimum atomic E-state index is 1.10. The minimum Gasteiger partial charge on any atom is -0.253 e. The van der Waals surface area contributed by atoms with Gasteiger partial charge in [-0.25, -0.2) is 0 Å². The SMILES string of the molecule is Cc1cc(C)c2cc(C)c(C)cc2n1. The number of aromatic nitrogens is 1. The molecule has 0 spiro atoms. The van der Waals surface area contributed by atoms with Crippen LogP contribution in [0.5, 0.6) is 0 Å². The van der Waals surface area contributed by atoms with Gasteiger partial charge in [-0.3, -0.25) is 4.98 Å². The van der Waals surface area contributed by atoms with Gasteiger partial charge in [0.25, 0.3) is 0 Å². The maximum Gasteiger partial charge on any atom is 0.0710 e. The van der Waals surface area contributed by atoms with E-state index in [1.807, 2.05) is 6.92 Å². The zero-order valence-corrected chi connectivity index (χ0v) is 9.18. The average Bonchev–Trinajstić information content (AvgIpc) is 2.08. The molecule has 14 heavy (non-hydrogen) atoms. The zero-order chi connectivity index (χ0) is 10.3. The third-order valence-corrected chi connectivity index (χ3v) is 2.76. The van der Waals surface area contributed by atoms with Crippen molar-refractivity contribution in [2.24, 2.45) is 0 Å². The number of aryl methyl sites for hydroxylation is 4. The Morgan fingerprint density at radius 3 is 2.14 bits per heavy atom. The molecule has 0 atom stereocenters. The van der Waals surface area contributed by atoms with Crippen LogP contribution in [-0.2, 0) is 0 Å². The molecular formula is C13H15N.